The van der Waals surface area contributed by atoms with Gasteiger partial charge in [0.1, 0.15) is 6.10 Å². The van der Waals surface area contributed by atoms with Crippen LogP contribution in [0.25, 0.3) is 0 Å². The van der Waals surface area contributed by atoms with Crippen molar-refractivity contribution in [3.63, 3.8) is 0 Å². The Morgan fingerprint density at radius 2 is 2.00 bits per heavy atom. The summed E-state index contributed by atoms with van der Waals surface area (Å²) in [7, 11) is 0. The van der Waals surface area contributed by atoms with E-state index in [0.29, 0.717) is 11.8 Å². The molecule has 2 nitrogen and oxygen atoms in total. The molecule has 0 aliphatic heterocycles. The summed E-state index contributed by atoms with van der Waals surface area (Å²) in [6.07, 6.45) is 11.2. The summed E-state index contributed by atoms with van der Waals surface area (Å²) < 4.78 is 5.86. The summed E-state index contributed by atoms with van der Waals surface area (Å²) in [5, 5.41) is 0. The number of carbonyl (C=O) groups excluding carboxylic acids is 1. The molecule has 2 atom stereocenters. The molecule has 2 unspecified atom stereocenters. The smallest absolute Gasteiger partial charge is 0.331 e. The summed E-state index contributed by atoms with van der Waals surface area (Å²) in [4.78, 5) is 12.2. The minimum atomic E-state index is -0.201. The van der Waals surface area contributed by atoms with Crippen molar-refractivity contribution >= 4 is 5.97 Å². The molecule has 0 N–H and O–H groups in total. The number of rotatable bonds is 4. The molecule has 23 heavy (non-hydrogen) atoms. The van der Waals surface area contributed by atoms with Crippen molar-refractivity contribution in [1.29, 1.82) is 0 Å². The van der Waals surface area contributed by atoms with Crippen LogP contribution in [-0.4, -0.2) is 12.1 Å². The Labute approximate surface area is 142 Å². The third-order valence-electron chi connectivity index (χ3n) is 4.80. The first-order chi connectivity index (χ1) is 10.8. The number of hydrogen-bond acceptors (Lipinski definition) is 2. The molecule has 0 saturated carbocycles. The van der Waals surface area contributed by atoms with Crippen LogP contribution in [0.4, 0.5) is 0 Å². The van der Waals surface area contributed by atoms with Crippen molar-refractivity contribution in [1.82, 2.24) is 0 Å². The van der Waals surface area contributed by atoms with Gasteiger partial charge >= 0.3 is 5.97 Å². The largest absolute Gasteiger partial charge is 0.455 e. The molecule has 0 saturated heterocycles. The maximum atomic E-state index is 12.2. The number of esters is 1. The van der Waals surface area contributed by atoms with Crippen LogP contribution in [0.1, 0.15) is 73.6 Å². The van der Waals surface area contributed by atoms with E-state index in [1.165, 1.54) is 11.1 Å². The van der Waals surface area contributed by atoms with Gasteiger partial charge in [0.25, 0.3) is 0 Å². The number of carbonyl (C=O) groups is 1. The predicted octanol–water partition coefficient (Wildman–Crippen LogP) is 5.99. The van der Waals surface area contributed by atoms with Crippen LogP contribution < -0.4 is 0 Å². The third kappa shape index (κ3) is 7.20. The highest BCUT2D eigenvalue weighted by Crippen LogP contribution is 2.29. The van der Waals surface area contributed by atoms with E-state index >= 15 is 0 Å². The Balaban J connectivity index is 2.99. The lowest BCUT2D eigenvalue weighted by atomic mass is 9.83. The van der Waals surface area contributed by atoms with Crippen LogP contribution in [0.5, 0.6) is 0 Å². The molecule has 0 aromatic rings. The lowest BCUT2D eigenvalue weighted by molar-refractivity contribution is -0.144. The zero-order valence-corrected chi connectivity index (χ0v) is 15.8. The van der Waals surface area contributed by atoms with E-state index in [0.717, 1.165) is 37.7 Å². The van der Waals surface area contributed by atoms with E-state index in [2.05, 4.69) is 46.8 Å². The molecule has 2 heteroatoms. The Hall–Kier alpha value is -1.31. The normalized spacial score (nSPS) is 24.0. The average molecular weight is 319 g/mol. The molecular formula is C21H34O2. The summed E-state index contributed by atoms with van der Waals surface area (Å²) in [6.45, 7) is 12.9. The average Bonchev–Trinajstić information content (AvgIpc) is 2.46. The minimum absolute atomic E-state index is 0.116. The predicted molar refractivity (Wildman–Crippen MR) is 98.2 cm³/mol. The second-order valence-electron chi connectivity index (χ2n) is 7.29. The second-order valence-corrected chi connectivity index (χ2v) is 7.29. The first-order valence-electron chi connectivity index (χ1n) is 9.04. The molecule has 1 aliphatic carbocycles. The first-order valence-corrected chi connectivity index (χ1v) is 9.04. The highest BCUT2D eigenvalue weighted by molar-refractivity contribution is 5.83. The Morgan fingerprint density at radius 3 is 2.61 bits per heavy atom. The van der Waals surface area contributed by atoms with E-state index in [1.807, 2.05) is 6.92 Å². The van der Waals surface area contributed by atoms with Gasteiger partial charge < -0.3 is 4.74 Å². The van der Waals surface area contributed by atoms with E-state index in [4.69, 9.17) is 4.74 Å². The Bertz CT molecular complexity index is 480. The van der Waals surface area contributed by atoms with E-state index < -0.39 is 0 Å². The fourth-order valence-electron chi connectivity index (χ4n) is 3.00. The zero-order chi connectivity index (χ0) is 17.4. The van der Waals surface area contributed by atoms with Crippen molar-refractivity contribution < 1.29 is 9.53 Å². The molecule has 1 rings (SSSR count). The van der Waals surface area contributed by atoms with Crippen molar-refractivity contribution in [2.75, 3.05) is 0 Å². The molecule has 130 valence electrons. The van der Waals surface area contributed by atoms with Crippen molar-refractivity contribution in [3.8, 4) is 0 Å². The first kappa shape index (κ1) is 19.7. The van der Waals surface area contributed by atoms with Crippen LogP contribution in [0.2, 0.25) is 0 Å². The van der Waals surface area contributed by atoms with Crippen molar-refractivity contribution in [2.45, 2.75) is 79.8 Å². The monoisotopic (exact) mass is 318 g/mol. The highest BCUT2D eigenvalue weighted by atomic mass is 16.5. The molecule has 0 spiro atoms. The van der Waals surface area contributed by atoms with Gasteiger partial charge in [0.2, 0.25) is 0 Å². The lowest BCUT2D eigenvalue weighted by Gasteiger charge is -2.29. The van der Waals surface area contributed by atoms with Gasteiger partial charge in [0.05, 0.1) is 0 Å². The molecule has 0 amide bonds. The summed E-state index contributed by atoms with van der Waals surface area (Å²) in [5.74, 6) is 0.652. The number of ether oxygens (including phenoxy) is 1. The van der Waals surface area contributed by atoms with Gasteiger partial charge in [0, 0.05) is 12.0 Å². The standard InChI is InChI=1S/C21H34O2/c1-7-16(4)14-21(22)23-20-13-18(6)10-8-9-17(5)11-12-19(20)15(2)3/h9,13-15,19-20H,7-8,10-12H2,1-6H3. The van der Waals surface area contributed by atoms with Crippen LogP contribution in [0.15, 0.2) is 34.9 Å². The Morgan fingerprint density at radius 1 is 1.30 bits per heavy atom. The third-order valence-corrected chi connectivity index (χ3v) is 4.80. The van der Waals surface area contributed by atoms with Crippen LogP contribution >= 0.6 is 0 Å². The van der Waals surface area contributed by atoms with Gasteiger partial charge in [-0.15, -0.1) is 0 Å². The maximum absolute atomic E-state index is 12.2. The van der Waals surface area contributed by atoms with Gasteiger partial charge in [-0.05, 0) is 64.9 Å². The molecule has 0 radical (unpaired) electrons. The molecule has 1 aliphatic rings. The summed E-state index contributed by atoms with van der Waals surface area (Å²) in [5.41, 5.74) is 3.84. The van der Waals surface area contributed by atoms with Gasteiger partial charge in [-0.2, -0.15) is 0 Å². The van der Waals surface area contributed by atoms with Gasteiger partial charge in [-0.1, -0.05) is 43.6 Å². The van der Waals surface area contributed by atoms with Gasteiger partial charge in [0.15, 0.2) is 0 Å². The molecule has 0 fully saturated rings. The van der Waals surface area contributed by atoms with Crippen LogP contribution in [-0.2, 0) is 9.53 Å². The SMILES string of the molecule is CCC(C)=CC(=O)OC1C=C(C)CCC=C(C)CCC1C(C)C. The fraction of sp³-hybridized carbons (Fsp3) is 0.667. The van der Waals surface area contributed by atoms with E-state index in [-0.39, 0.29) is 12.1 Å². The van der Waals surface area contributed by atoms with Crippen LogP contribution in [0, 0.1) is 11.8 Å². The van der Waals surface area contributed by atoms with Crippen molar-refractivity contribution in [2.24, 2.45) is 11.8 Å². The fourth-order valence-corrected chi connectivity index (χ4v) is 3.00. The molecule has 0 bridgehead atoms. The van der Waals surface area contributed by atoms with E-state index in [9.17, 15) is 4.79 Å². The highest BCUT2D eigenvalue weighted by Gasteiger charge is 2.26. The molecule has 0 aromatic carbocycles. The van der Waals surface area contributed by atoms with Gasteiger partial charge in [-0.3, -0.25) is 0 Å². The molecule has 0 heterocycles. The van der Waals surface area contributed by atoms with Crippen LogP contribution in [0.3, 0.4) is 0 Å². The zero-order valence-electron chi connectivity index (χ0n) is 15.8. The maximum Gasteiger partial charge on any atom is 0.331 e. The number of hydrogen-bond donors (Lipinski definition) is 0. The topological polar surface area (TPSA) is 26.3 Å². The Kier molecular flexibility index (Phi) is 8.36. The number of allylic oxidation sites excluding steroid dienone is 4. The second kappa shape index (κ2) is 9.75. The molecule has 0 aromatic heterocycles. The quantitative estimate of drug-likeness (QED) is 0.361. The minimum Gasteiger partial charge on any atom is -0.455 e. The van der Waals surface area contributed by atoms with Crippen molar-refractivity contribution in [3.05, 3.63) is 34.9 Å². The molecular weight excluding hydrogens is 284 g/mol. The summed E-state index contributed by atoms with van der Waals surface area (Å²) in [6, 6.07) is 0. The van der Waals surface area contributed by atoms with E-state index in [1.54, 1.807) is 6.08 Å². The van der Waals surface area contributed by atoms with Gasteiger partial charge in [-0.25, -0.2) is 4.79 Å². The lowest BCUT2D eigenvalue weighted by Crippen LogP contribution is -2.29. The summed E-state index contributed by atoms with van der Waals surface area (Å²) >= 11 is 0.